The van der Waals surface area contributed by atoms with Gasteiger partial charge in [0.25, 0.3) is 0 Å². The van der Waals surface area contributed by atoms with Crippen molar-refractivity contribution in [1.82, 2.24) is 10.6 Å². The summed E-state index contributed by atoms with van der Waals surface area (Å²) >= 11 is 5.26. The number of imide groups is 1. The molecule has 66 valence electrons. The van der Waals surface area contributed by atoms with Crippen LogP contribution < -0.4 is 10.6 Å². The van der Waals surface area contributed by atoms with Crippen LogP contribution in [0.3, 0.4) is 0 Å². The second-order valence-electron chi connectivity index (χ2n) is 1.87. The second kappa shape index (κ2) is 6.50. The first-order chi connectivity index (χ1) is 5.70. The molecule has 0 unspecified atom stereocenters. The minimum Gasteiger partial charge on any atom is -0.327 e. The summed E-state index contributed by atoms with van der Waals surface area (Å²) in [5, 5.41) is 4.32. The molecule has 12 heavy (non-hydrogen) atoms. The highest BCUT2D eigenvalue weighted by molar-refractivity contribution is 6.19. The molecule has 0 saturated heterocycles. The van der Waals surface area contributed by atoms with E-state index in [1.807, 2.05) is 5.32 Å². The van der Waals surface area contributed by atoms with Gasteiger partial charge in [-0.15, -0.1) is 18.0 Å². The van der Waals surface area contributed by atoms with E-state index >= 15 is 0 Å². The predicted octanol–water partition coefficient (Wildman–Crippen LogP) is 0.0743. The molecule has 0 aliphatic carbocycles. The van der Waals surface area contributed by atoms with E-state index in [4.69, 9.17) is 18.0 Å². The van der Waals surface area contributed by atoms with Crippen molar-refractivity contribution in [2.45, 2.75) is 6.42 Å². The first kappa shape index (κ1) is 10.8. The Morgan fingerprint density at radius 1 is 1.50 bits per heavy atom. The molecule has 0 fully saturated rings. The fraction of sp³-hybridized carbons (Fsp3) is 0.429. The Kier molecular flexibility index (Phi) is 5.84. The summed E-state index contributed by atoms with van der Waals surface area (Å²) in [6.07, 6.45) is 4.98. The van der Waals surface area contributed by atoms with E-state index in [1.165, 1.54) is 0 Å². The van der Waals surface area contributed by atoms with Crippen LogP contribution in [-0.4, -0.2) is 24.4 Å². The van der Waals surface area contributed by atoms with Crippen molar-refractivity contribution in [3.8, 4) is 12.3 Å². The van der Waals surface area contributed by atoms with Crippen molar-refractivity contribution in [3.05, 3.63) is 0 Å². The minimum absolute atomic E-state index is 0.0972. The summed E-state index contributed by atoms with van der Waals surface area (Å²) in [5.74, 6) is 1.97. The largest absolute Gasteiger partial charge is 0.327 e. The quantitative estimate of drug-likeness (QED) is 0.487. The summed E-state index contributed by atoms with van der Waals surface area (Å²) in [7, 11) is 0. The smallest absolute Gasteiger partial charge is 0.322 e. The molecule has 0 heterocycles. The maximum Gasteiger partial charge on any atom is 0.322 e. The van der Waals surface area contributed by atoms with Gasteiger partial charge in [-0.3, -0.25) is 10.1 Å². The Hall–Kier alpha value is -1.21. The van der Waals surface area contributed by atoms with Gasteiger partial charge in [-0.2, -0.15) is 0 Å². The van der Waals surface area contributed by atoms with Crippen molar-refractivity contribution in [1.29, 1.82) is 0 Å². The van der Waals surface area contributed by atoms with Crippen LogP contribution in [-0.2, 0) is 4.79 Å². The van der Waals surface area contributed by atoms with Crippen molar-refractivity contribution < 1.29 is 9.59 Å². The number of urea groups is 1. The van der Waals surface area contributed by atoms with E-state index in [0.717, 1.165) is 0 Å². The molecular formula is C7H9ClN2O2. The molecule has 0 aromatic heterocycles. The molecule has 0 aromatic carbocycles. The molecule has 0 atom stereocenters. The van der Waals surface area contributed by atoms with Crippen molar-refractivity contribution >= 4 is 23.5 Å². The highest BCUT2D eigenvalue weighted by atomic mass is 35.5. The van der Waals surface area contributed by atoms with Gasteiger partial charge in [-0.25, -0.2) is 4.79 Å². The lowest BCUT2D eigenvalue weighted by Gasteiger charge is -2.01. The molecule has 0 bridgehead atoms. The van der Waals surface area contributed by atoms with Crippen LogP contribution in [0, 0.1) is 12.3 Å². The first-order valence-electron chi connectivity index (χ1n) is 3.27. The van der Waals surface area contributed by atoms with Gasteiger partial charge in [0, 0.05) is 12.3 Å². The van der Waals surface area contributed by atoms with Crippen molar-refractivity contribution in [2.75, 3.05) is 12.4 Å². The molecule has 0 aromatic rings. The zero-order valence-corrected chi connectivity index (χ0v) is 7.15. The van der Waals surface area contributed by atoms with E-state index in [2.05, 4.69) is 11.2 Å². The molecule has 0 aliphatic heterocycles. The number of nitrogens with one attached hydrogen (secondary N) is 2. The van der Waals surface area contributed by atoms with Crippen molar-refractivity contribution in [2.24, 2.45) is 0 Å². The van der Waals surface area contributed by atoms with Gasteiger partial charge < -0.3 is 5.32 Å². The number of halogens is 1. The zero-order chi connectivity index (χ0) is 9.40. The lowest BCUT2D eigenvalue weighted by molar-refractivity contribution is -0.119. The van der Waals surface area contributed by atoms with Crippen LogP contribution in [0.5, 0.6) is 0 Å². The average molecular weight is 189 g/mol. The number of carbonyl (C=O) groups excluding carboxylic acids is 2. The van der Waals surface area contributed by atoms with Gasteiger partial charge in [-0.05, 0) is 0 Å². The molecule has 2 N–H and O–H groups in total. The lowest BCUT2D eigenvalue weighted by Crippen LogP contribution is -2.39. The van der Waals surface area contributed by atoms with Gasteiger partial charge in [-0.1, -0.05) is 5.92 Å². The Labute approximate surface area is 75.7 Å². The number of alkyl halides is 1. The Balaban J connectivity index is 3.56. The fourth-order valence-electron chi connectivity index (χ4n) is 0.450. The minimum atomic E-state index is -0.594. The molecule has 0 saturated carbocycles. The number of hydrogen-bond donors (Lipinski definition) is 2. The molecular weight excluding hydrogens is 180 g/mol. The SMILES string of the molecule is C#CCNC(=O)NC(=O)CCCl. The van der Waals surface area contributed by atoms with Crippen LogP contribution in [0.25, 0.3) is 0 Å². The van der Waals surface area contributed by atoms with Crippen LogP contribution in [0.15, 0.2) is 0 Å². The molecule has 3 amide bonds. The second-order valence-corrected chi connectivity index (χ2v) is 2.25. The van der Waals surface area contributed by atoms with Gasteiger partial charge in [0.15, 0.2) is 0 Å². The molecule has 0 rings (SSSR count). The van der Waals surface area contributed by atoms with Gasteiger partial charge >= 0.3 is 6.03 Å². The number of amides is 3. The van der Waals surface area contributed by atoms with E-state index in [9.17, 15) is 9.59 Å². The van der Waals surface area contributed by atoms with Crippen LogP contribution >= 0.6 is 11.6 Å². The maximum absolute atomic E-state index is 10.7. The number of rotatable bonds is 3. The third kappa shape index (κ3) is 5.57. The van der Waals surface area contributed by atoms with Crippen molar-refractivity contribution in [3.63, 3.8) is 0 Å². The average Bonchev–Trinajstić information content (AvgIpc) is 2.01. The van der Waals surface area contributed by atoms with Crippen LogP contribution in [0.4, 0.5) is 4.79 Å². The van der Waals surface area contributed by atoms with E-state index in [-0.39, 0.29) is 18.8 Å². The summed E-state index contributed by atoms with van der Waals surface area (Å²) < 4.78 is 0. The van der Waals surface area contributed by atoms with Crippen LogP contribution in [0.2, 0.25) is 0 Å². The third-order valence-electron chi connectivity index (χ3n) is 0.926. The van der Waals surface area contributed by atoms with Gasteiger partial charge in [0.05, 0.1) is 6.54 Å². The Morgan fingerprint density at radius 3 is 2.67 bits per heavy atom. The predicted molar refractivity (Wildman–Crippen MR) is 45.7 cm³/mol. The number of carbonyl (C=O) groups is 2. The van der Waals surface area contributed by atoms with Gasteiger partial charge in [0.2, 0.25) is 5.91 Å². The normalized spacial score (nSPS) is 8.33. The topological polar surface area (TPSA) is 58.2 Å². The summed E-state index contributed by atoms with van der Waals surface area (Å²) in [5.41, 5.74) is 0. The van der Waals surface area contributed by atoms with Crippen LogP contribution in [0.1, 0.15) is 6.42 Å². The summed E-state index contributed by atoms with van der Waals surface area (Å²) in [6, 6.07) is -0.594. The standard InChI is InChI=1S/C7H9ClN2O2/c1-2-5-9-7(12)10-6(11)3-4-8/h1H,3-5H2,(H2,9,10,11,12). The Morgan fingerprint density at radius 2 is 2.17 bits per heavy atom. The number of terminal acetylenes is 1. The first-order valence-corrected chi connectivity index (χ1v) is 3.81. The van der Waals surface area contributed by atoms with E-state index in [0.29, 0.717) is 0 Å². The van der Waals surface area contributed by atoms with E-state index < -0.39 is 11.9 Å². The molecule has 4 nitrogen and oxygen atoms in total. The van der Waals surface area contributed by atoms with Gasteiger partial charge in [0.1, 0.15) is 0 Å². The molecule has 0 spiro atoms. The monoisotopic (exact) mass is 188 g/mol. The zero-order valence-electron chi connectivity index (χ0n) is 6.39. The highest BCUT2D eigenvalue weighted by Gasteiger charge is 2.04. The molecule has 0 radical (unpaired) electrons. The molecule has 0 aliphatic rings. The highest BCUT2D eigenvalue weighted by Crippen LogP contribution is 1.83. The number of hydrogen-bond acceptors (Lipinski definition) is 2. The Bertz CT molecular complexity index is 210. The fourth-order valence-corrected chi connectivity index (χ4v) is 0.622. The molecule has 5 heteroatoms. The van der Waals surface area contributed by atoms with E-state index in [1.54, 1.807) is 0 Å². The lowest BCUT2D eigenvalue weighted by atomic mass is 10.4. The summed E-state index contributed by atoms with van der Waals surface area (Å²) in [6.45, 7) is 0.0972. The summed E-state index contributed by atoms with van der Waals surface area (Å²) in [4.78, 5) is 21.4. The third-order valence-corrected chi connectivity index (χ3v) is 1.11. The maximum atomic E-state index is 10.7.